The van der Waals surface area contributed by atoms with Crippen molar-refractivity contribution in [2.75, 3.05) is 0 Å². The Morgan fingerprint density at radius 1 is 1.50 bits per heavy atom. The maximum Gasteiger partial charge on any atom is 0.315 e. The fraction of sp³-hybridized carbons (Fsp3) is 0.818. The molecule has 1 atom stereocenters. The Morgan fingerprint density at radius 2 is 2.12 bits per heavy atom. The quantitative estimate of drug-likeness (QED) is 0.644. The van der Waals surface area contributed by atoms with Crippen LogP contribution in [-0.2, 0) is 0 Å². The van der Waals surface area contributed by atoms with Crippen LogP contribution < -0.4 is 16.4 Å². The zero-order valence-electron chi connectivity index (χ0n) is 9.79. The highest BCUT2D eigenvalue weighted by Crippen LogP contribution is 2.17. The topological polar surface area (TPSA) is 67.1 Å². The molecule has 16 heavy (non-hydrogen) atoms. The van der Waals surface area contributed by atoms with Crippen LogP contribution in [0, 0.1) is 0 Å². The van der Waals surface area contributed by atoms with Crippen LogP contribution in [0.5, 0.6) is 0 Å². The minimum absolute atomic E-state index is 0.0545. The molecule has 4 nitrogen and oxygen atoms in total. The Labute approximate surface area is 102 Å². The standard InChI is InChI=1S/C11H21N3OS/c1-2-8(7-10(12)16)13-11(15)14-9-5-3-4-6-9/h8-9H,2-7H2,1H3,(H2,12,16)(H2,13,14,15). The minimum atomic E-state index is -0.0880. The third-order valence-corrected chi connectivity index (χ3v) is 3.13. The fourth-order valence-corrected chi connectivity index (χ4v) is 2.22. The lowest BCUT2D eigenvalue weighted by atomic mass is 10.1. The second-order valence-corrected chi connectivity index (χ2v) is 4.90. The zero-order chi connectivity index (χ0) is 12.0. The van der Waals surface area contributed by atoms with Gasteiger partial charge in [-0.1, -0.05) is 32.0 Å². The van der Waals surface area contributed by atoms with Gasteiger partial charge in [0.2, 0.25) is 0 Å². The molecule has 0 aromatic rings. The van der Waals surface area contributed by atoms with Gasteiger partial charge >= 0.3 is 6.03 Å². The summed E-state index contributed by atoms with van der Waals surface area (Å²) in [6.45, 7) is 2.01. The number of thiocarbonyl (C=S) groups is 1. The Morgan fingerprint density at radius 3 is 2.62 bits per heavy atom. The van der Waals surface area contributed by atoms with Crippen LogP contribution in [0.4, 0.5) is 4.79 Å². The molecule has 92 valence electrons. The largest absolute Gasteiger partial charge is 0.393 e. The second-order valence-electron chi connectivity index (χ2n) is 4.37. The lowest BCUT2D eigenvalue weighted by Crippen LogP contribution is -2.46. The molecule has 2 amide bonds. The monoisotopic (exact) mass is 243 g/mol. The van der Waals surface area contributed by atoms with Gasteiger partial charge in [-0.05, 0) is 19.3 Å². The molecule has 0 aromatic heterocycles. The van der Waals surface area contributed by atoms with Gasteiger partial charge in [0.25, 0.3) is 0 Å². The van der Waals surface area contributed by atoms with E-state index in [1.807, 2.05) is 6.92 Å². The average Bonchev–Trinajstić information content (AvgIpc) is 2.68. The van der Waals surface area contributed by atoms with E-state index in [1.165, 1.54) is 12.8 Å². The molecule has 1 rings (SSSR count). The number of nitrogens with one attached hydrogen (secondary N) is 2. The van der Waals surface area contributed by atoms with E-state index >= 15 is 0 Å². The maximum absolute atomic E-state index is 11.6. The van der Waals surface area contributed by atoms with Gasteiger partial charge in [-0.2, -0.15) is 0 Å². The van der Waals surface area contributed by atoms with Crippen LogP contribution in [0.1, 0.15) is 45.4 Å². The summed E-state index contributed by atoms with van der Waals surface area (Å²) in [5.74, 6) is 0. The van der Waals surface area contributed by atoms with Gasteiger partial charge in [0.15, 0.2) is 0 Å². The van der Waals surface area contributed by atoms with E-state index in [9.17, 15) is 4.79 Å². The van der Waals surface area contributed by atoms with Crippen molar-refractivity contribution < 1.29 is 4.79 Å². The first-order valence-corrected chi connectivity index (χ1v) is 6.38. The van der Waals surface area contributed by atoms with E-state index in [4.69, 9.17) is 18.0 Å². The summed E-state index contributed by atoms with van der Waals surface area (Å²) in [6, 6.07) is 0.316. The molecule has 0 saturated heterocycles. The van der Waals surface area contributed by atoms with Crippen molar-refractivity contribution in [1.29, 1.82) is 0 Å². The highest BCUT2D eigenvalue weighted by Gasteiger charge is 2.18. The van der Waals surface area contributed by atoms with E-state index in [-0.39, 0.29) is 12.1 Å². The SMILES string of the molecule is CCC(CC(N)=S)NC(=O)NC1CCCC1. The van der Waals surface area contributed by atoms with Crippen molar-refractivity contribution in [1.82, 2.24) is 10.6 Å². The van der Waals surface area contributed by atoms with Gasteiger partial charge in [0, 0.05) is 18.5 Å². The first-order valence-electron chi connectivity index (χ1n) is 5.97. The zero-order valence-corrected chi connectivity index (χ0v) is 10.6. The van der Waals surface area contributed by atoms with E-state index in [2.05, 4.69) is 10.6 Å². The molecular formula is C11H21N3OS. The number of nitrogens with two attached hydrogens (primary N) is 1. The molecule has 1 unspecified atom stereocenters. The average molecular weight is 243 g/mol. The number of carbonyl (C=O) groups is 1. The molecule has 0 bridgehead atoms. The Hall–Kier alpha value is -0.840. The number of rotatable bonds is 5. The Bertz CT molecular complexity index is 252. The third-order valence-electron chi connectivity index (χ3n) is 2.97. The first-order chi connectivity index (χ1) is 7.61. The number of carbonyl (C=O) groups excluding carboxylic acids is 1. The molecule has 0 aliphatic heterocycles. The van der Waals surface area contributed by atoms with Crippen molar-refractivity contribution in [2.45, 2.75) is 57.5 Å². The summed E-state index contributed by atoms with van der Waals surface area (Å²) < 4.78 is 0. The van der Waals surface area contributed by atoms with Crippen LogP contribution in [-0.4, -0.2) is 23.1 Å². The Balaban J connectivity index is 2.27. The lowest BCUT2D eigenvalue weighted by Gasteiger charge is -2.19. The van der Waals surface area contributed by atoms with Crippen LogP contribution in [0.3, 0.4) is 0 Å². The summed E-state index contributed by atoms with van der Waals surface area (Å²) in [4.78, 5) is 12.1. The van der Waals surface area contributed by atoms with Crippen molar-refractivity contribution in [3.63, 3.8) is 0 Å². The predicted molar refractivity (Wildman–Crippen MR) is 69.4 cm³/mol. The highest BCUT2D eigenvalue weighted by molar-refractivity contribution is 7.80. The normalized spacial score (nSPS) is 18.1. The van der Waals surface area contributed by atoms with E-state index in [0.717, 1.165) is 19.3 Å². The number of urea groups is 1. The fourth-order valence-electron chi connectivity index (χ4n) is 2.02. The first kappa shape index (κ1) is 13.2. The van der Waals surface area contributed by atoms with Gasteiger partial charge in [-0.15, -0.1) is 0 Å². The van der Waals surface area contributed by atoms with E-state index < -0.39 is 0 Å². The van der Waals surface area contributed by atoms with Crippen molar-refractivity contribution in [3.8, 4) is 0 Å². The molecule has 0 aromatic carbocycles. The summed E-state index contributed by atoms with van der Waals surface area (Å²) in [7, 11) is 0. The molecule has 1 fully saturated rings. The van der Waals surface area contributed by atoms with Gasteiger partial charge < -0.3 is 16.4 Å². The molecule has 1 saturated carbocycles. The molecule has 0 heterocycles. The summed E-state index contributed by atoms with van der Waals surface area (Å²) in [5, 5.41) is 5.89. The van der Waals surface area contributed by atoms with Crippen LogP contribution in [0.15, 0.2) is 0 Å². The molecular weight excluding hydrogens is 222 g/mol. The number of hydrogen-bond donors (Lipinski definition) is 3. The number of hydrogen-bond acceptors (Lipinski definition) is 2. The maximum atomic E-state index is 11.6. The highest BCUT2D eigenvalue weighted by atomic mass is 32.1. The lowest BCUT2D eigenvalue weighted by molar-refractivity contribution is 0.233. The van der Waals surface area contributed by atoms with E-state index in [1.54, 1.807) is 0 Å². The number of amides is 2. The summed E-state index contributed by atoms with van der Waals surface area (Å²) in [5.41, 5.74) is 5.47. The van der Waals surface area contributed by atoms with Crippen LogP contribution >= 0.6 is 12.2 Å². The second kappa shape index (κ2) is 6.68. The summed E-state index contributed by atoms with van der Waals surface area (Å²) >= 11 is 4.84. The van der Waals surface area contributed by atoms with Crippen LogP contribution in [0.2, 0.25) is 0 Å². The molecule has 4 N–H and O–H groups in total. The molecule has 0 spiro atoms. The molecule has 0 radical (unpaired) electrons. The van der Waals surface area contributed by atoms with E-state index in [0.29, 0.717) is 17.5 Å². The molecule has 1 aliphatic rings. The Kier molecular flexibility index (Phi) is 5.52. The van der Waals surface area contributed by atoms with Crippen molar-refractivity contribution in [2.24, 2.45) is 5.73 Å². The molecule has 5 heteroatoms. The smallest absolute Gasteiger partial charge is 0.315 e. The third kappa shape index (κ3) is 4.79. The van der Waals surface area contributed by atoms with Crippen molar-refractivity contribution in [3.05, 3.63) is 0 Å². The molecule has 1 aliphatic carbocycles. The summed E-state index contributed by atoms with van der Waals surface area (Å²) in [6.07, 6.45) is 6.04. The van der Waals surface area contributed by atoms with Gasteiger partial charge in [0.1, 0.15) is 0 Å². The van der Waals surface area contributed by atoms with Crippen LogP contribution in [0.25, 0.3) is 0 Å². The van der Waals surface area contributed by atoms with Crippen molar-refractivity contribution >= 4 is 23.2 Å². The van der Waals surface area contributed by atoms with Gasteiger partial charge in [0.05, 0.1) is 4.99 Å². The van der Waals surface area contributed by atoms with Gasteiger partial charge in [-0.25, -0.2) is 4.79 Å². The minimum Gasteiger partial charge on any atom is -0.393 e. The predicted octanol–water partition coefficient (Wildman–Crippen LogP) is 1.68. The van der Waals surface area contributed by atoms with Gasteiger partial charge in [-0.3, -0.25) is 0 Å².